The zero-order valence-electron chi connectivity index (χ0n) is 17.8. The molecule has 0 aromatic carbocycles. The van der Waals surface area contributed by atoms with Crippen LogP contribution in [0.5, 0.6) is 0 Å². The molecule has 1 saturated carbocycles. The van der Waals surface area contributed by atoms with Crippen LogP contribution in [0.2, 0.25) is 0 Å². The van der Waals surface area contributed by atoms with Crippen molar-refractivity contribution in [3.05, 3.63) is 0 Å². The molecule has 0 spiro atoms. The van der Waals surface area contributed by atoms with Crippen LogP contribution in [0.3, 0.4) is 0 Å². The normalized spacial score (nSPS) is 13.2. The highest BCUT2D eigenvalue weighted by Gasteiger charge is 2.15. The minimum absolute atomic E-state index is 0.120. The van der Waals surface area contributed by atoms with Gasteiger partial charge in [0.15, 0.2) is 0 Å². The molecule has 1 rings (SSSR count). The maximum atomic E-state index is 10.3. The zero-order valence-corrected chi connectivity index (χ0v) is 17.8. The van der Waals surface area contributed by atoms with Crippen LogP contribution in [0, 0.1) is 5.92 Å². The van der Waals surface area contributed by atoms with E-state index in [0.717, 1.165) is 5.92 Å². The van der Waals surface area contributed by atoms with Crippen molar-refractivity contribution in [1.29, 1.82) is 0 Å². The lowest BCUT2D eigenvalue weighted by atomic mass is 9.81. The smallest absolute Gasteiger partial charge is 0.331 e. The van der Waals surface area contributed by atoms with Gasteiger partial charge in [-0.1, -0.05) is 96.8 Å². The largest absolute Gasteiger partial charge is 0.460 e. The van der Waals surface area contributed by atoms with Gasteiger partial charge in [0.2, 0.25) is 0 Å². The Kier molecular flexibility index (Phi) is 19.8. The minimum atomic E-state index is -0.782. The van der Waals surface area contributed by atoms with E-state index >= 15 is 0 Å². The highest BCUT2D eigenvalue weighted by molar-refractivity contribution is 5.71. The number of unbranched alkanes of at least 4 members (excludes halogenated alkanes) is 9. The molecule has 6 nitrogen and oxygen atoms in total. The molecule has 0 bridgehead atoms. The number of aliphatic hydroxyl groups is 2. The van der Waals surface area contributed by atoms with Crippen molar-refractivity contribution in [1.82, 2.24) is 0 Å². The molecule has 166 valence electrons. The first-order valence-electron chi connectivity index (χ1n) is 11.2. The van der Waals surface area contributed by atoms with Crippen LogP contribution in [0.15, 0.2) is 0 Å². The molecular weight excluding hydrogens is 360 g/mol. The van der Waals surface area contributed by atoms with Crippen molar-refractivity contribution in [2.45, 2.75) is 96.8 Å². The molecule has 0 unspecified atom stereocenters. The molecule has 0 saturated heterocycles. The van der Waals surface area contributed by atoms with Gasteiger partial charge in [-0.3, -0.25) is 0 Å². The Morgan fingerprint density at radius 2 is 1.18 bits per heavy atom. The predicted octanol–water partition coefficient (Wildman–Crippen LogP) is 4.15. The number of ether oxygens (including phenoxy) is 2. The van der Waals surface area contributed by atoms with Gasteiger partial charge < -0.3 is 19.7 Å². The van der Waals surface area contributed by atoms with Crippen LogP contribution < -0.4 is 0 Å². The lowest BCUT2D eigenvalue weighted by molar-refractivity contribution is -0.155. The summed E-state index contributed by atoms with van der Waals surface area (Å²) in [7, 11) is 0. The monoisotopic (exact) mass is 402 g/mol. The number of carbonyl (C=O) groups excluding carboxylic acids is 2. The number of aliphatic hydroxyl groups excluding tert-OH is 2. The Morgan fingerprint density at radius 3 is 1.54 bits per heavy atom. The number of carbonyl (C=O) groups is 2. The van der Waals surface area contributed by atoms with Gasteiger partial charge in [-0.2, -0.15) is 0 Å². The van der Waals surface area contributed by atoms with Gasteiger partial charge in [0.1, 0.15) is 26.4 Å². The van der Waals surface area contributed by atoms with Crippen LogP contribution in [0.4, 0.5) is 0 Å². The van der Waals surface area contributed by atoms with Gasteiger partial charge in [0.05, 0.1) is 0 Å². The first kappa shape index (κ1) is 26.9. The molecule has 0 aromatic heterocycles. The van der Waals surface area contributed by atoms with E-state index in [1.165, 1.54) is 89.9 Å². The highest BCUT2D eigenvalue weighted by Crippen LogP contribution is 2.31. The van der Waals surface area contributed by atoms with E-state index in [-0.39, 0.29) is 13.2 Å². The summed E-state index contributed by atoms with van der Waals surface area (Å²) in [6.45, 7) is 0.653. The van der Waals surface area contributed by atoms with Gasteiger partial charge in [-0.25, -0.2) is 9.59 Å². The Bertz CT molecular complexity index is 350. The number of rotatable bonds is 16. The Labute approximate surface area is 171 Å². The molecule has 0 aromatic rings. The molecule has 1 fully saturated rings. The van der Waals surface area contributed by atoms with Crippen LogP contribution >= 0.6 is 0 Å². The third-order valence-corrected chi connectivity index (χ3v) is 5.06. The number of esters is 2. The molecule has 6 heteroatoms. The molecule has 0 amide bonds. The zero-order chi connectivity index (χ0) is 20.9. The first-order chi connectivity index (χ1) is 13.6. The molecule has 0 radical (unpaired) electrons. The quantitative estimate of drug-likeness (QED) is 0.297. The summed E-state index contributed by atoms with van der Waals surface area (Å²) in [6.07, 6.45) is 20.9. The predicted molar refractivity (Wildman–Crippen MR) is 110 cm³/mol. The van der Waals surface area contributed by atoms with Crippen molar-refractivity contribution < 1.29 is 29.3 Å². The fraction of sp³-hybridized carbons (Fsp3) is 0.909. The van der Waals surface area contributed by atoms with E-state index in [2.05, 4.69) is 16.4 Å². The fourth-order valence-electron chi connectivity index (χ4n) is 3.10. The van der Waals surface area contributed by atoms with Crippen molar-refractivity contribution in [3.63, 3.8) is 0 Å². The van der Waals surface area contributed by atoms with Crippen LogP contribution in [0.25, 0.3) is 0 Å². The van der Waals surface area contributed by atoms with E-state index in [4.69, 9.17) is 10.2 Å². The SMILES string of the molecule is CCCCCCCCCCCCC1CCC1.O=C(CO)OCCOC(=O)CO. The van der Waals surface area contributed by atoms with E-state index in [0.29, 0.717) is 0 Å². The molecule has 0 aliphatic heterocycles. The summed E-state index contributed by atoms with van der Waals surface area (Å²) in [5, 5.41) is 16.3. The van der Waals surface area contributed by atoms with Crippen molar-refractivity contribution in [3.8, 4) is 0 Å². The third kappa shape index (κ3) is 18.2. The van der Waals surface area contributed by atoms with Gasteiger partial charge >= 0.3 is 11.9 Å². The van der Waals surface area contributed by atoms with E-state index < -0.39 is 25.2 Å². The van der Waals surface area contributed by atoms with E-state index in [1.807, 2.05) is 0 Å². The summed E-state index contributed by atoms with van der Waals surface area (Å²) < 4.78 is 8.68. The van der Waals surface area contributed by atoms with Crippen LogP contribution in [0.1, 0.15) is 96.8 Å². The third-order valence-electron chi connectivity index (χ3n) is 5.06. The lowest BCUT2D eigenvalue weighted by Gasteiger charge is -2.24. The average Bonchev–Trinajstić information content (AvgIpc) is 2.68. The van der Waals surface area contributed by atoms with Gasteiger partial charge in [0.25, 0.3) is 0 Å². The van der Waals surface area contributed by atoms with Gasteiger partial charge in [0, 0.05) is 0 Å². The molecule has 0 atom stereocenters. The average molecular weight is 403 g/mol. The minimum Gasteiger partial charge on any atom is -0.460 e. The van der Waals surface area contributed by atoms with Crippen LogP contribution in [-0.2, 0) is 19.1 Å². The standard InChI is InChI=1S/C16H32.C6H10O6/c1-2-3-4-5-6-7-8-9-10-11-13-16-14-12-15-16;7-3-5(9)11-1-2-12-6(10)4-8/h16H,2-15H2,1H3;7-8H,1-4H2. The Hall–Kier alpha value is -1.14. The number of hydrogen-bond donors (Lipinski definition) is 2. The molecule has 0 heterocycles. The van der Waals surface area contributed by atoms with E-state index in [9.17, 15) is 9.59 Å². The fourth-order valence-corrected chi connectivity index (χ4v) is 3.10. The van der Waals surface area contributed by atoms with Crippen molar-refractivity contribution in [2.24, 2.45) is 5.92 Å². The molecule has 28 heavy (non-hydrogen) atoms. The summed E-state index contributed by atoms with van der Waals surface area (Å²) in [5.41, 5.74) is 0. The topological polar surface area (TPSA) is 93.1 Å². The molecular formula is C22H42O6. The van der Waals surface area contributed by atoms with Gasteiger partial charge in [-0.05, 0) is 5.92 Å². The Balaban J connectivity index is 0.000000546. The first-order valence-corrected chi connectivity index (χ1v) is 11.2. The second-order valence-electron chi connectivity index (χ2n) is 7.52. The molecule has 2 N–H and O–H groups in total. The Morgan fingerprint density at radius 1 is 0.750 bits per heavy atom. The van der Waals surface area contributed by atoms with Crippen molar-refractivity contribution >= 4 is 11.9 Å². The maximum Gasteiger partial charge on any atom is 0.331 e. The summed E-state index contributed by atoms with van der Waals surface area (Å²) >= 11 is 0. The molecule has 1 aliphatic rings. The van der Waals surface area contributed by atoms with E-state index in [1.54, 1.807) is 0 Å². The summed E-state index contributed by atoms with van der Waals surface area (Å²) in [6, 6.07) is 0. The van der Waals surface area contributed by atoms with Crippen molar-refractivity contribution in [2.75, 3.05) is 26.4 Å². The highest BCUT2D eigenvalue weighted by atomic mass is 16.6. The summed E-state index contributed by atoms with van der Waals surface area (Å²) in [5.74, 6) is -0.431. The maximum absolute atomic E-state index is 10.3. The lowest BCUT2D eigenvalue weighted by Crippen LogP contribution is -2.17. The van der Waals surface area contributed by atoms with Crippen LogP contribution in [-0.4, -0.2) is 48.6 Å². The summed E-state index contributed by atoms with van der Waals surface area (Å²) in [4.78, 5) is 20.5. The van der Waals surface area contributed by atoms with Gasteiger partial charge in [-0.15, -0.1) is 0 Å². The number of hydrogen-bond acceptors (Lipinski definition) is 6. The second kappa shape index (κ2) is 20.6. The second-order valence-corrected chi connectivity index (χ2v) is 7.52. The molecule has 1 aliphatic carbocycles.